The van der Waals surface area contributed by atoms with Gasteiger partial charge in [-0.2, -0.15) is 0 Å². The highest BCUT2D eigenvalue weighted by Gasteiger charge is 2.00. The largest absolute Gasteiger partial charge is 0.489 e. The summed E-state index contributed by atoms with van der Waals surface area (Å²) >= 11 is 0. The van der Waals surface area contributed by atoms with Crippen LogP contribution in [0.2, 0.25) is 0 Å². The Morgan fingerprint density at radius 2 is 1.85 bits per heavy atom. The third-order valence-electron chi connectivity index (χ3n) is 2.34. The molecule has 0 N–H and O–H groups in total. The highest BCUT2D eigenvalue weighted by Crippen LogP contribution is 2.19. The zero-order valence-corrected chi connectivity index (χ0v) is 13.4. The van der Waals surface area contributed by atoms with E-state index in [2.05, 4.69) is 45.4 Å². The molecule has 20 heavy (non-hydrogen) atoms. The van der Waals surface area contributed by atoms with Crippen molar-refractivity contribution in [3.05, 3.63) is 54.1 Å². The lowest BCUT2D eigenvalue weighted by Gasteiger charge is -2.10. The van der Waals surface area contributed by atoms with Crippen LogP contribution in [0.1, 0.15) is 39.7 Å². The molecule has 0 fully saturated rings. The zero-order chi connectivity index (χ0) is 15.8. The summed E-state index contributed by atoms with van der Waals surface area (Å²) < 4.78 is 5.79. The lowest BCUT2D eigenvalue weighted by Crippen LogP contribution is -2.01. The van der Waals surface area contributed by atoms with Crippen molar-refractivity contribution >= 4 is 0 Å². The first-order valence-corrected chi connectivity index (χ1v) is 7.08. The van der Waals surface area contributed by atoms with Crippen molar-refractivity contribution in [1.29, 1.82) is 0 Å². The topological polar surface area (TPSA) is 9.23 Å². The Morgan fingerprint density at radius 3 is 2.40 bits per heavy atom. The summed E-state index contributed by atoms with van der Waals surface area (Å²) in [7, 11) is 0. The maximum Gasteiger partial charge on any atom is 0.123 e. The smallest absolute Gasteiger partial charge is 0.123 e. The molecule has 0 unspecified atom stereocenters. The minimum atomic E-state index is 0.669. The van der Waals surface area contributed by atoms with Crippen molar-refractivity contribution in [2.75, 3.05) is 6.61 Å². The van der Waals surface area contributed by atoms with Gasteiger partial charge in [-0.15, -0.1) is 19.4 Å². The molecule has 110 valence electrons. The number of hydrogen-bond donors (Lipinski definition) is 0. The van der Waals surface area contributed by atoms with Crippen LogP contribution in [-0.2, 0) is 6.42 Å². The average Bonchev–Trinajstić information content (AvgIpc) is 2.51. The Kier molecular flexibility index (Phi) is 15.4. The first kappa shape index (κ1) is 20.4. The van der Waals surface area contributed by atoms with Gasteiger partial charge < -0.3 is 4.74 Å². The van der Waals surface area contributed by atoms with Crippen molar-refractivity contribution in [2.45, 2.75) is 40.5 Å². The maximum absolute atomic E-state index is 5.79. The van der Waals surface area contributed by atoms with Gasteiger partial charge >= 0.3 is 0 Å². The van der Waals surface area contributed by atoms with Gasteiger partial charge in [-0.1, -0.05) is 51.1 Å². The predicted molar refractivity (Wildman–Crippen MR) is 91.1 cm³/mol. The van der Waals surface area contributed by atoms with Crippen LogP contribution < -0.4 is 4.74 Å². The van der Waals surface area contributed by atoms with Crippen LogP contribution in [0.3, 0.4) is 0 Å². The fourth-order valence-corrected chi connectivity index (χ4v) is 1.57. The van der Waals surface area contributed by atoms with Gasteiger partial charge in [0.15, 0.2) is 0 Å². The minimum absolute atomic E-state index is 0.669. The van der Waals surface area contributed by atoms with Crippen molar-refractivity contribution in [3.8, 4) is 18.6 Å². The molecule has 1 rings (SSSR count). The minimum Gasteiger partial charge on any atom is -0.489 e. The van der Waals surface area contributed by atoms with Crippen molar-refractivity contribution in [2.24, 2.45) is 0 Å². The number of hydrogen-bond acceptors (Lipinski definition) is 1. The fraction of sp³-hybridized carbons (Fsp3) is 0.368. The number of ether oxygens (including phenoxy) is 1. The predicted octanol–water partition coefficient (Wildman–Crippen LogP) is 5.43. The van der Waals surface area contributed by atoms with Crippen LogP contribution in [0, 0.1) is 12.8 Å². The van der Waals surface area contributed by atoms with E-state index in [-0.39, 0.29) is 0 Å². The molecule has 0 aliphatic rings. The third kappa shape index (κ3) is 9.05. The second-order valence-electron chi connectivity index (χ2n) is 3.85. The van der Waals surface area contributed by atoms with Gasteiger partial charge in [-0.25, -0.2) is 0 Å². The quantitative estimate of drug-likeness (QED) is 0.496. The van der Waals surface area contributed by atoms with Crippen LogP contribution in [0.15, 0.2) is 48.6 Å². The molecule has 0 atom stereocenters. The summed E-state index contributed by atoms with van der Waals surface area (Å²) in [5.74, 6) is 0.964. The number of terminal acetylenes is 1. The fourth-order valence-electron chi connectivity index (χ4n) is 1.57. The van der Waals surface area contributed by atoms with Gasteiger partial charge in [-0.05, 0) is 37.0 Å². The van der Waals surface area contributed by atoms with Gasteiger partial charge in [0.2, 0.25) is 0 Å². The molecular weight excluding hydrogens is 244 g/mol. The molecule has 0 saturated heterocycles. The van der Waals surface area contributed by atoms with Crippen LogP contribution in [0.4, 0.5) is 0 Å². The number of allylic oxidation sites excluding steroid dienone is 2. The Balaban J connectivity index is 0. The summed E-state index contributed by atoms with van der Waals surface area (Å²) in [4.78, 5) is 0. The molecule has 0 aliphatic carbocycles. The molecule has 1 aromatic rings. The van der Waals surface area contributed by atoms with Gasteiger partial charge in [0, 0.05) is 0 Å². The summed E-state index contributed by atoms with van der Waals surface area (Å²) in [6.45, 7) is 12.7. The van der Waals surface area contributed by atoms with Crippen LogP contribution in [0.25, 0.3) is 0 Å². The van der Waals surface area contributed by atoms with E-state index in [4.69, 9.17) is 4.74 Å². The number of para-hydroxylation sites is 1. The molecule has 0 bridgehead atoms. The van der Waals surface area contributed by atoms with E-state index in [9.17, 15) is 0 Å². The summed E-state index contributed by atoms with van der Waals surface area (Å²) in [6, 6.07) is 8.12. The van der Waals surface area contributed by atoms with E-state index in [1.165, 1.54) is 11.1 Å². The second kappa shape index (κ2) is 15.1. The highest BCUT2D eigenvalue weighted by molar-refractivity contribution is 5.34. The van der Waals surface area contributed by atoms with E-state index in [1.807, 2.05) is 38.1 Å². The Bertz CT molecular complexity index is 399. The molecule has 0 spiro atoms. The first-order chi connectivity index (χ1) is 9.77. The number of benzene rings is 1. The third-order valence-corrected chi connectivity index (χ3v) is 2.34. The molecule has 0 saturated carbocycles. The van der Waals surface area contributed by atoms with Crippen LogP contribution in [0.5, 0.6) is 5.75 Å². The molecular formula is C19H28O. The summed E-state index contributed by atoms with van der Waals surface area (Å²) in [5.41, 5.74) is 2.47. The lowest BCUT2D eigenvalue weighted by atomic mass is 10.1. The van der Waals surface area contributed by atoms with Crippen molar-refractivity contribution in [1.82, 2.24) is 0 Å². The van der Waals surface area contributed by atoms with Gasteiger partial charge in [-0.3, -0.25) is 0 Å². The molecule has 1 heteroatoms. The normalized spacial score (nSPS) is 9.40. The molecule has 0 aromatic heterocycles. The van der Waals surface area contributed by atoms with Gasteiger partial charge in [0.25, 0.3) is 0 Å². The standard InChI is InChI=1S/C15H20O.C2H6.C2H2/c1-4-8-13(3)12-16-15-11-7-6-10-14(15)9-5-2;2*1-2/h5-8,10-11H,2,4,9,12H2,1,3H3;1-2H3;1-2H/b13-8-;;. The van der Waals surface area contributed by atoms with E-state index < -0.39 is 0 Å². The molecule has 0 radical (unpaired) electrons. The Labute approximate surface area is 125 Å². The van der Waals surface area contributed by atoms with E-state index in [0.717, 1.165) is 18.6 Å². The van der Waals surface area contributed by atoms with E-state index in [1.54, 1.807) is 0 Å². The monoisotopic (exact) mass is 272 g/mol. The number of rotatable bonds is 6. The summed E-state index contributed by atoms with van der Waals surface area (Å²) in [6.07, 6.45) is 14.0. The maximum atomic E-state index is 5.79. The lowest BCUT2D eigenvalue weighted by molar-refractivity contribution is 0.348. The van der Waals surface area contributed by atoms with Crippen LogP contribution in [-0.4, -0.2) is 6.61 Å². The van der Waals surface area contributed by atoms with E-state index in [0.29, 0.717) is 6.61 Å². The molecule has 0 heterocycles. The SMILES string of the molecule is C#C.C=CCc1ccccc1OC/C(C)=C\CC.CC. The molecule has 1 nitrogen and oxygen atoms in total. The van der Waals surface area contributed by atoms with E-state index >= 15 is 0 Å². The Morgan fingerprint density at radius 1 is 1.25 bits per heavy atom. The highest BCUT2D eigenvalue weighted by atomic mass is 16.5. The summed E-state index contributed by atoms with van der Waals surface area (Å²) in [5, 5.41) is 0. The molecule has 0 aliphatic heterocycles. The second-order valence-corrected chi connectivity index (χ2v) is 3.85. The van der Waals surface area contributed by atoms with Crippen molar-refractivity contribution < 1.29 is 4.74 Å². The average molecular weight is 272 g/mol. The zero-order valence-electron chi connectivity index (χ0n) is 13.4. The first-order valence-electron chi connectivity index (χ1n) is 7.08. The van der Waals surface area contributed by atoms with Crippen molar-refractivity contribution in [3.63, 3.8) is 0 Å². The van der Waals surface area contributed by atoms with Gasteiger partial charge in [0.1, 0.15) is 12.4 Å². The Hall–Kier alpha value is -1.94. The van der Waals surface area contributed by atoms with Gasteiger partial charge in [0.05, 0.1) is 0 Å². The molecule has 1 aromatic carbocycles. The van der Waals surface area contributed by atoms with Crippen LogP contribution >= 0.6 is 0 Å². The molecule has 0 amide bonds.